The average molecular weight is 212 g/mol. The van der Waals surface area contributed by atoms with E-state index < -0.39 is 0 Å². The molecule has 80 valence electrons. The van der Waals surface area contributed by atoms with Crippen LogP contribution in [0, 0.1) is 0 Å². The lowest BCUT2D eigenvalue weighted by molar-refractivity contribution is 1.09. The molecule has 1 aliphatic heterocycles. The highest BCUT2D eigenvalue weighted by atomic mass is 15.1. The molecule has 0 fully saturated rings. The van der Waals surface area contributed by atoms with Gasteiger partial charge in [-0.1, -0.05) is 30.3 Å². The third-order valence-electron chi connectivity index (χ3n) is 2.74. The maximum absolute atomic E-state index is 5.71. The lowest BCUT2D eigenvalue weighted by Crippen LogP contribution is -2.01. The molecule has 3 N–H and O–H groups in total. The predicted molar refractivity (Wildman–Crippen MR) is 64.1 cm³/mol. The average Bonchev–Trinajstić information content (AvgIpc) is 2.77. The van der Waals surface area contributed by atoms with E-state index in [-0.39, 0.29) is 0 Å². The van der Waals surface area contributed by atoms with E-state index in [1.165, 1.54) is 5.56 Å². The van der Waals surface area contributed by atoms with Crippen molar-refractivity contribution in [2.45, 2.75) is 6.42 Å². The van der Waals surface area contributed by atoms with E-state index in [0.717, 1.165) is 30.0 Å². The van der Waals surface area contributed by atoms with Crippen LogP contribution < -0.4 is 11.1 Å². The van der Waals surface area contributed by atoms with Gasteiger partial charge in [-0.15, -0.1) is 0 Å². The molecule has 0 bridgehead atoms. The van der Waals surface area contributed by atoms with Gasteiger partial charge in [-0.05, 0) is 6.42 Å². The van der Waals surface area contributed by atoms with Gasteiger partial charge in [0.1, 0.15) is 5.82 Å². The molecule has 1 aliphatic rings. The van der Waals surface area contributed by atoms with Gasteiger partial charge in [-0.3, -0.25) is 0 Å². The first kappa shape index (κ1) is 9.15. The summed E-state index contributed by atoms with van der Waals surface area (Å²) in [5.41, 5.74) is 8.92. The fourth-order valence-corrected chi connectivity index (χ4v) is 2.02. The summed E-state index contributed by atoms with van der Waals surface area (Å²) in [6.45, 7) is 0.910. The van der Waals surface area contributed by atoms with Gasteiger partial charge in [-0.2, -0.15) is 4.98 Å². The van der Waals surface area contributed by atoms with Gasteiger partial charge in [0.05, 0.1) is 5.69 Å². The fourth-order valence-electron chi connectivity index (χ4n) is 2.02. The minimum absolute atomic E-state index is 0.326. The van der Waals surface area contributed by atoms with E-state index >= 15 is 0 Å². The largest absolute Gasteiger partial charge is 0.369 e. The highest BCUT2D eigenvalue weighted by Crippen LogP contribution is 2.30. The van der Waals surface area contributed by atoms with Crippen LogP contribution in [0.25, 0.3) is 11.3 Å². The number of nitrogens with one attached hydrogen (secondary N) is 1. The smallest absolute Gasteiger partial charge is 0.222 e. The van der Waals surface area contributed by atoms with E-state index in [4.69, 9.17) is 5.73 Å². The quantitative estimate of drug-likeness (QED) is 0.755. The SMILES string of the molecule is Nc1nc2c(c(-c3ccccc3)n1)CCN2. The van der Waals surface area contributed by atoms with Crippen LogP contribution in [0.3, 0.4) is 0 Å². The topological polar surface area (TPSA) is 63.8 Å². The standard InChI is InChI=1S/C12H12N4/c13-12-15-10(8-4-2-1-3-5-8)9-6-7-14-11(9)16-12/h1-5H,6-7H2,(H3,13,14,15,16). The first-order valence-corrected chi connectivity index (χ1v) is 5.30. The Labute approximate surface area is 93.5 Å². The number of aromatic nitrogens is 2. The van der Waals surface area contributed by atoms with Gasteiger partial charge >= 0.3 is 0 Å². The summed E-state index contributed by atoms with van der Waals surface area (Å²) in [7, 11) is 0. The van der Waals surface area contributed by atoms with E-state index in [9.17, 15) is 0 Å². The summed E-state index contributed by atoms with van der Waals surface area (Å²) in [6.07, 6.45) is 0.958. The Bertz CT molecular complexity index is 522. The molecular weight excluding hydrogens is 200 g/mol. The molecule has 0 radical (unpaired) electrons. The molecule has 0 atom stereocenters. The minimum atomic E-state index is 0.326. The number of hydrogen-bond acceptors (Lipinski definition) is 4. The van der Waals surface area contributed by atoms with Crippen LogP contribution in [0.5, 0.6) is 0 Å². The van der Waals surface area contributed by atoms with Crippen molar-refractivity contribution in [3.05, 3.63) is 35.9 Å². The molecule has 1 aromatic carbocycles. The normalized spacial score (nSPS) is 13.2. The maximum atomic E-state index is 5.71. The number of rotatable bonds is 1. The molecule has 0 unspecified atom stereocenters. The second-order valence-electron chi connectivity index (χ2n) is 3.80. The molecule has 1 aromatic heterocycles. The number of anilines is 2. The molecule has 0 saturated heterocycles. The first-order chi connectivity index (χ1) is 7.84. The van der Waals surface area contributed by atoms with Crippen LogP contribution in [0.2, 0.25) is 0 Å². The Morgan fingerprint density at radius 3 is 2.75 bits per heavy atom. The molecule has 0 saturated carbocycles. The number of nitrogens with two attached hydrogens (primary N) is 1. The van der Waals surface area contributed by atoms with Gasteiger partial charge in [0, 0.05) is 17.7 Å². The number of benzene rings is 1. The van der Waals surface area contributed by atoms with E-state index in [2.05, 4.69) is 15.3 Å². The third-order valence-corrected chi connectivity index (χ3v) is 2.74. The van der Waals surface area contributed by atoms with Gasteiger partial charge < -0.3 is 11.1 Å². The Hall–Kier alpha value is -2.10. The molecular formula is C12H12N4. The third kappa shape index (κ3) is 1.39. The second kappa shape index (κ2) is 3.48. The Kier molecular flexibility index (Phi) is 1.99. The van der Waals surface area contributed by atoms with Gasteiger partial charge in [0.25, 0.3) is 0 Å². The van der Waals surface area contributed by atoms with Crippen molar-refractivity contribution in [2.75, 3.05) is 17.6 Å². The van der Waals surface area contributed by atoms with Crippen LogP contribution in [-0.4, -0.2) is 16.5 Å². The number of hydrogen-bond donors (Lipinski definition) is 2. The zero-order valence-corrected chi connectivity index (χ0v) is 8.77. The first-order valence-electron chi connectivity index (χ1n) is 5.30. The molecule has 0 spiro atoms. The minimum Gasteiger partial charge on any atom is -0.369 e. The lowest BCUT2D eigenvalue weighted by atomic mass is 10.1. The Balaban J connectivity index is 2.21. The summed E-state index contributed by atoms with van der Waals surface area (Å²) in [5.74, 6) is 1.21. The van der Waals surface area contributed by atoms with Crippen LogP contribution >= 0.6 is 0 Å². The van der Waals surface area contributed by atoms with Crippen LogP contribution in [0.4, 0.5) is 11.8 Å². The summed E-state index contributed by atoms with van der Waals surface area (Å²) in [5, 5.41) is 3.22. The van der Waals surface area contributed by atoms with Crippen LogP contribution in [-0.2, 0) is 6.42 Å². The maximum Gasteiger partial charge on any atom is 0.222 e. The van der Waals surface area contributed by atoms with Crippen LogP contribution in [0.1, 0.15) is 5.56 Å². The summed E-state index contributed by atoms with van der Waals surface area (Å²) < 4.78 is 0. The molecule has 2 heterocycles. The number of nitrogens with zero attached hydrogens (tertiary/aromatic N) is 2. The molecule has 4 nitrogen and oxygen atoms in total. The van der Waals surface area contributed by atoms with Crippen LogP contribution in [0.15, 0.2) is 30.3 Å². The van der Waals surface area contributed by atoms with Crippen molar-refractivity contribution in [1.29, 1.82) is 0 Å². The van der Waals surface area contributed by atoms with E-state index in [1.807, 2.05) is 30.3 Å². The van der Waals surface area contributed by atoms with Crippen molar-refractivity contribution in [2.24, 2.45) is 0 Å². The molecule has 3 rings (SSSR count). The predicted octanol–water partition coefficient (Wildman–Crippen LogP) is 1.69. The van der Waals surface area contributed by atoms with Crippen molar-refractivity contribution in [3.63, 3.8) is 0 Å². The molecule has 0 amide bonds. The highest BCUT2D eigenvalue weighted by molar-refractivity contribution is 5.71. The van der Waals surface area contributed by atoms with Gasteiger partial charge in [0.15, 0.2) is 0 Å². The van der Waals surface area contributed by atoms with E-state index in [0.29, 0.717) is 5.95 Å². The summed E-state index contributed by atoms with van der Waals surface area (Å²) in [4.78, 5) is 8.54. The summed E-state index contributed by atoms with van der Waals surface area (Å²) >= 11 is 0. The van der Waals surface area contributed by atoms with E-state index in [1.54, 1.807) is 0 Å². The molecule has 16 heavy (non-hydrogen) atoms. The van der Waals surface area contributed by atoms with Crippen molar-refractivity contribution in [3.8, 4) is 11.3 Å². The molecule has 2 aromatic rings. The fraction of sp³-hybridized carbons (Fsp3) is 0.167. The molecule has 0 aliphatic carbocycles. The second-order valence-corrected chi connectivity index (χ2v) is 3.80. The van der Waals surface area contributed by atoms with Crippen molar-refractivity contribution in [1.82, 2.24) is 9.97 Å². The zero-order chi connectivity index (χ0) is 11.0. The summed E-state index contributed by atoms with van der Waals surface area (Å²) in [6, 6.07) is 10.1. The highest BCUT2D eigenvalue weighted by Gasteiger charge is 2.18. The Morgan fingerprint density at radius 1 is 1.12 bits per heavy atom. The van der Waals surface area contributed by atoms with Crippen molar-refractivity contribution < 1.29 is 0 Å². The van der Waals surface area contributed by atoms with Gasteiger partial charge in [-0.25, -0.2) is 4.98 Å². The lowest BCUT2D eigenvalue weighted by Gasteiger charge is -2.07. The zero-order valence-electron chi connectivity index (χ0n) is 8.77. The monoisotopic (exact) mass is 212 g/mol. The van der Waals surface area contributed by atoms with Crippen molar-refractivity contribution >= 4 is 11.8 Å². The number of nitrogen functional groups attached to an aromatic ring is 1. The Morgan fingerprint density at radius 2 is 1.94 bits per heavy atom. The van der Waals surface area contributed by atoms with Gasteiger partial charge in [0.2, 0.25) is 5.95 Å². The number of fused-ring (bicyclic) bond motifs is 1. The molecule has 4 heteroatoms.